The van der Waals surface area contributed by atoms with E-state index in [1.54, 1.807) is 24.7 Å². The van der Waals surface area contributed by atoms with Gasteiger partial charge in [0.25, 0.3) is 0 Å². The van der Waals surface area contributed by atoms with Crippen molar-refractivity contribution in [2.24, 2.45) is 11.3 Å². The topological polar surface area (TPSA) is 70.7 Å². The molecule has 1 aromatic rings. The average Bonchev–Trinajstić information content (AvgIpc) is 3.04. The Bertz CT molecular complexity index is 639. The van der Waals surface area contributed by atoms with E-state index in [9.17, 15) is 15.0 Å². The van der Waals surface area contributed by atoms with E-state index in [1.807, 2.05) is 19.1 Å². The van der Waals surface area contributed by atoms with Crippen LogP contribution in [0.25, 0.3) is 0 Å². The van der Waals surface area contributed by atoms with E-state index in [0.717, 1.165) is 24.8 Å². The third-order valence-electron chi connectivity index (χ3n) is 5.29. The second-order valence-electron chi connectivity index (χ2n) is 6.97. The number of furan rings is 1. The molecule has 4 nitrogen and oxygen atoms in total. The van der Waals surface area contributed by atoms with Gasteiger partial charge < -0.3 is 14.6 Å². The van der Waals surface area contributed by atoms with Crippen LogP contribution in [-0.4, -0.2) is 22.3 Å². The first kappa shape index (κ1) is 18.3. The minimum atomic E-state index is -1.01. The first-order chi connectivity index (χ1) is 11.3. The van der Waals surface area contributed by atoms with Gasteiger partial charge in [-0.2, -0.15) is 0 Å². The quantitative estimate of drug-likeness (QED) is 0.870. The lowest BCUT2D eigenvalue weighted by atomic mass is 9.68. The van der Waals surface area contributed by atoms with E-state index in [2.05, 4.69) is 13.5 Å². The highest BCUT2D eigenvalue weighted by atomic mass is 16.4. The number of aliphatic hydroxyl groups excluding tert-OH is 1. The van der Waals surface area contributed by atoms with E-state index < -0.39 is 12.1 Å². The number of hydrogen-bond donors (Lipinski definition) is 2. The molecule has 3 unspecified atom stereocenters. The smallest absolute Gasteiger partial charge is 0.335 e. The molecule has 2 N–H and O–H groups in total. The lowest BCUT2D eigenvalue weighted by Gasteiger charge is -2.38. The minimum Gasteiger partial charge on any atom is -0.478 e. The highest BCUT2D eigenvalue weighted by molar-refractivity contribution is 5.91. The van der Waals surface area contributed by atoms with Gasteiger partial charge in [0.1, 0.15) is 0 Å². The zero-order valence-corrected chi connectivity index (χ0v) is 14.4. The van der Waals surface area contributed by atoms with Crippen molar-refractivity contribution in [3.8, 4) is 0 Å². The third-order valence-corrected chi connectivity index (χ3v) is 5.29. The summed E-state index contributed by atoms with van der Waals surface area (Å²) in [5.74, 6) is -0.994. The zero-order valence-electron chi connectivity index (χ0n) is 14.4. The van der Waals surface area contributed by atoms with E-state index in [-0.39, 0.29) is 23.3 Å². The summed E-state index contributed by atoms with van der Waals surface area (Å²) in [6.45, 7) is 8.07. The molecule has 0 fully saturated rings. The van der Waals surface area contributed by atoms with Gasteiger partial charge in [0.05, 0.1) is 24.2 Å². The lowest BCUT2D eigenvalue weighted by molar-refractivity contribution is -0.132. The highest BCUT2D eigenvalue weighted by Crippen LogP contribution is 2.40. The minimum absolute atomic E-state index is 0.0129. The van der Waals surface area contributed by atoms with Crippen LogP contribution in [0, 0.1) is 11.3 Å². The molecule has 1 aromatic heterocycles. The van der Waals surface area contributed by atoms with Crippen molar-refractivity contribution in [2.75, 3.05) is 0 Å². The molecule has 0 amide bonds. The fraction of sp³-hybridized carbons (Fsp3) is 0.450. The molecule has 0 saturated carbocycles. The van der Waals surface area contributed by atoms with Crippen LogP contribution in [0.2, 0.25) is 0 Å². The summed E-state index contributed by atoms with van der Waals surface area (Å²) in [7, 11) is 0. The van der Waals surface area contributed by atoms with Crippen LogP contribution in [-0.2, 0) is 11.2 Å². The molecule has 0 spiro atoms. The second kappa shape index (κ2) is 7.67. The van der Waals surface area contributed by atoms with Gasteiger partial charge in [0.2, 0.25) is 0 Å². The number of aryl methyl sites for hydroxylation is 1. The molecule has 24 heavy (non-hydrogen) atoms. The molecular weight excluding hydrogens is 304 g/mol. The fourth-order valence-electron chi connectivity index (χ4n) is 3.23. The van der Waals surface area contributed by atoms with Crippen molar-refractivity contribution in [1.29, 1.82) is 0 Å². The average molecular weight is 330 g/mol. The molecule has 130 valence electrons. The molecule has 0 bridgehead atoms. The van der Waals surface area contributed by atoms with Gasteiger partial charge in [-0.15, -0.1) is 0 Å². The van der Waals surface area contributed by atoms with Gasteiger partial charge in [-0.1, -0.05) is 32.6 Å². The van der Waals surface area contributed by atoms with Crippen LogP contribution < -0.4 is 0 Å². The van der Waals surface area contributed by atoms with E-state index in [4.69, 9.17) is 4.42 Å². The fourth-order valence-corrected chi connectivity index (χ4v) is 3.23. The Kier molecular flexibility index (Phi) is 5.84. The van der Waals surface area contributed by atoms with Crippen molar-refractivity contribution < 1.29 is 19.4 Å². The third kappa shape index (κ3) is 4.26. The normalized spacial score (nSPS) is 28.5. The standard InChI is InChI=1S/C20H26O4/c1-14-12-18(21)15(2)20(3,10-7-16-8-11-24-13-16)9-5-4-6-17(14)19(22)23/h4-6,8,11,13,15,18,21H,1,7,9-10,12H2,2-3H3,(H,22,23). The Morgan fingerprint density at radius 3 is 2.88 bits per heavy atom. The van der Waals surface area contributed by atoms with Crippen LogP contribution in [0.1, 0.15) is 38.7 Å². The number of rotatable bonds is 4. The van der Waals surface area contributed by atoms with Crippen LogP contribution in [0.15, 0.2) is 59.0 Å². The Morgan fingerprint density at radius 2 is 2.25 bits per heavy atom. The summed E-state index contributed by atoms with van der Waals surface area (Å²) in [5, 5.41) is 19.9. The van der Waals surface area contributed by atoms with Gasteiger partial charge in [0.15, 0.2) is 0 Å². The molecule has 3 atom stereocenters. The van der Waals surface area contributed by atoms with Crippen LogP contribution >= 0.6 is 0 Å². The second-order valence-corrected chi connectivity index (χ2v) is 6.97. The van der Waals surface area contributed by atoms with Crippen molar-refractivity contribution >= 4 is 5.97 Å². The predicted octanol–water partition coefficient (Wildman–Crippen LogP) is 4.13. The van der Waals surface area contributed by atoms with Crippen molar-refractivity contribution in [1.82, 2.24) is 0 Å². The van der Waals surface area contributed by atoms with Gasteiger partial charge in [-0.3, -0.25) is 0 Å². The number of carboxylic acids is 1. The molecule has 0 aliphatic heterocycles. The number of aliphatic carboxylic acids is 1. The number of allylic oxidation sites excluding steroid dienone is 3. The maximum Gasteiger partial charge on any atom is 0.335 e. The largest absolute Gasteiger partial charge is 0.478 e. The summed E-state index contributed by atoms with van der Waals surface area (Å²) in [4.78, 5) is 11.3. The van der Waals surface area contributed by atoms with Crippen LogP contribution in [0.4, 0.5) is 0 Å². The van der Waals surface area contributed by atoms with Crippen molar-refractivity contribution in [2.45, 2.75) is 45.6 Å². The first-order valence-electron chi connectivity index (χ1n) is 8.31. The summed E-state index contributed by atoms with van der Waals surface area (Å²) in [5.41, 5.74) is 1.68. The molecule has 4 heteroatoms. The highest BCUT2D eigenvalue weighted by Gasteiger charge is 2.35. The monoisotopic (exact) mass is 330 g/mol. The van der Waals surface area contributed by atoms with Crippen LogP contribution in [0.5, 0.6) is 0 Å². The van der Waals surface area contributed by atoms with Gasteiger partial charge in [0, 0.05) is 0 Å². The Hall–Kier alpha value is -2.07. The Labute approximate surface area is 143 Å². The number of aliphatic hydroxyl groups is 1. The van der Waals surface area contributed by atoms with Crippen molar-refractivity contribution in [3.63, 3.8) is 0 Å². The number of carboxylic acid groups (broad SMARTS) is 1. The van der Waals surface area contributed by atoms with Gasteiger partial charge >= 0.3 is 5.97 Å². The molecule has 0 aromatic carbocycles. The summed E-state index contributed by atoms with van der Waals surface area (Å²) in [6.07, 6.45) is 11.0. The SMILES string of the molecule is C=C1CC(O)C(C)C(C)(CCc2ccoc2)CC=CC=C1C(=O)O. The summed E-state index contributed by atoms with van der Waals surface area (Å²) >= 11 is 0. The maximum absolute atomic E-state index is 11.3. The van der Waals surface area contributed by atoms with E-state index in [0.29, 0.717) is 5.57 Å². The Balaban J connectivity index is 2.22. The first-order valence-corrected chi connectivity index (χ1v) is 8.31. The lowest BCUT2D eigenvalue weighted by Crippen LogP contribution is -2.35. The number of carbonyl (C=O) groups is 1. The van der Waals surface area contributed by atoms with E-state index >= 15 is 0 Å². The Morgan fingerprint density at radius 1 is 1.50 bits per heavy atom. The predicted molar refractivity (Wildman–Crippen MR) is 93.5 cm³/mol. The zero-order chi connectivity index (χ0) is 17.7. The maximum atomic E-state index is 11.3. The van der Waals surface area contributed by atoms with Gasteiger partial charge in [-0.25, -0.2) is 4.79 Å². The molecule has 1 aliphatic carbocycles. The molecule has 2 rings (SSSR count). The molecule has 1 heterocycles. The summed E-state index contributed by atoms with van der Waals surface area (Å²) in [6, 6.07) is 1.96. The molecule has 0 radical (unpaired) electrons. The summed E-state index contributed by atoms with van der Waals surface area (Å²) < 4.78 is 5.13. The molecule has 1 aliphatic rings. The molecule has 0 saturated heterocycles. The van der Waals surface area contributed by atoms with Gasteiger partial charge in [-0.05, 0) is 60.3 Å². The molecular formula is C20H26O4. The van der Waals surface area contributed by atoms with Crippen molar-refractivity contribution in [3.05, 3.63) is 60.1 Å². The number of hydrogen-bond acceptors (Lipinski definition) is 3. The van der Waals surface area contributed by atoms with E-state index in [1.165, 1.54) is 0 Å². The van der Waals surface area contributed by atoms with Crippen LogP contribution in [0.3, 0.4) is 0 Å².